The van der Waals surface area contributed by atoms with Crippen molar-refractivity contribution in [3.63, 3.8) is 0 Å². The van der Waals surface area contributed by atoms with Crippen LogP contribution in [0.15, 0.2) is 6.07 Å². The van der Waals surface area contributed by atoms with Crippen molar-refractivity contribution in [2.24, 2.45) is 0 Å². The molecular formula is C11H19N3O4S. The second-order valence-electron chi connectivity index (χ2n) is 4.66. The van der Waals surface area contributed by atoms with Gasteiger partial charge in [-0.1, -0.05) is 0 Å². The van der Waals surface area contributed by atoms with E-state index in [0.717, 1.165) is 0 Å². The minimum Gasteiger partial charge on any atom is -0.481 e. The number of anilines is 1. The summed E-state index contributed by atoms with van der Waals surface area (Å²) in [5.41, 5.74) is 0. The lowest BCUT2D eigenvalue weighted by atomic mass is 10.2. The van der Waals surface area contributed by atoms with Gasteiger partial charge in [0.2, 0.25) is 17.7 Å². The number of nitrogens with one attached hydrogen (secondary N) is 1. The molecular weight excluding hydrogens is 270 g/mol. The van der Waals surface area contributed by atoms with Crippen molar-refractivity contribution in [1.29, 1.82) is 0 Å². The van der Waals surface area contributed by atoms with Crippen LogP contribution in [0.2, 0.25) is 0 Å². The number of ether oxygens (including phenoxy) is 2. The number of aromatic nitrogens is 2. The molecule has 19 heavy (non-hydrogen) atoms. The van der Waals surface area contributed by atoms with E-state index >= 15 is 0 Å². The third-order valence-electron chi connectivity index (χ3n) is 2.77. The summed E-state index contributed by atoms with van der Waals surface area (Å²) in [5, 5.41) is 2.88. The molecule has 0 radical (unpaired) electrons. The first-order valence-electron chi connectivity index (χ1n) is 5.60. The van der Waals surface area contributed by atoms with Crippen LogP contribution in [0.5, 0.6) is 11.8 Å². The summed E-state index contributed by atoms with van der Waals surface area (Å²) < 4.78 is 32.3. The standard InChI is InChI=1S/C11H19N3O4S/c1-11(2,19(5,15)16)7-12-10-13-8(17-3)6-9(14-10)18-4/h6H,7H2,1-5H3,(H,12,13,14). The predicted molar refractivity (Wildman–Crippen MR) is 72.5 cm³/mol. The van der Waals surface area contributed by atoms with Gasteiger partial charge >= 0.3 is 0 Å². The van der Waals surface area contributed by atoms with E-state index in [1.807, 2.05) is 0 Å². The number of nitrogens with zero attached hydrogens (tertiary/aromatic N) is 2. The minimum absolute atomic E-state index is 0.183. The molecule has 0 unspecified atom stereocenters. The third kappa shape index (κ3) is 3.95. The SMILES string of the molecule is COc1cc(OC)nc(NCC(C)(C)S(C)(=O)=O)n1. The Morgan fingerprint density at radius 2 is 1.68 bits per heavy atom. The molecule has 1 N–H and O–H groups in total. The van der Waals surface area contributed by atoms with Gasteiger partial charge in [-0.3, -0.25) is 0 Å². The predicted octanol–water partition coefficient (Wildman–Crippen LogP) is 0.729. The average molecular weight is 289 g/mol. The normalized spacial score (nSPS) is 12.1. The maximum Gasteiger partial charge on any atom is 0.229 e. The van der Waals surface area contributed by atoms with Crippen LogP contribution in [-0.4, -0.2) is 50.2 Å². The van der Waals surface area contributed by atoms with Crippen molar-refractivity contribution < 1.29 is 17.9 Å². The van der Waals surface area contributed by atoms with Gasteiger partial charge in [0.15, 0.2) is 9.84 Å². The third-order valence-corrected chi connectivity index (χ3v) is 4.93. The van der Waals surface area contributed by atoms with Gasteiger partial charge in [0.1, 0.15) is 0 Å². The number of rotatable bonds is 6. The highest BCUT2D eigenvalue weighted by molar-refractivity contribution is 7.92. The van der Waals surface area contributed by atoms with Crippen LogP contribution < -0.4 is 14.8 Å². The highest BCUT2D eigenvalue weighted by atomic mass is 32.2. The van der Waals surface area contributed by atoms with E-state index in [-0.39, 0.29) is 12.5 Å². The first kappa shape index (κ1) is 15.5. The van der Waals surface area contributed by atoms with E-state index in [4.69, 9.17) is 9.47 Å². The summed E-state index contributed by atoms with van der Waals surface area (Å²) in [7, 11) is -0.228. The Bertz CT molecular complexity index is 521. The highest BCUT2D eigenvalue weighted by Gasteiger charge is 2.30. The van der Waals surface area contributed by atoms with Crippen molar-refractivity contribution in [1.82, 2.24) is 9.97 Å². The maximum atomic E-state index is 11.6. The summed E-state index contributed by atoms with van der Waals surface area (Å²) in [6.45, 7) is 3.45. The van der Waals surface area contributed by atoms with Gasteiger partial charge < -0.3 is 14.8 Å². The van der Waals surface area contributed by atoms with Gasteiger partial charge in [0, 0.05) is 12.8 Å². The molecule has 0 spiro atoms. The molecule has 0 saturated carbocycles. The number of hydrogen-bond donors (Lipinski definition) is 1. The summed E-state index contributed by atoms with van der Waals surface area (Å²) in [6.07, 6.45) is 1.20. The van der Waals surface area contributed by atoms with E-state index in [9.17, 15) is 8.42 Å². The van der Waals surface area contributed by atoms with Gasteiger partial charge in [-0.15, -0.1) is 0 Å². The fourth-order valence-corrected chi connectivity index (χ4v) is 1.45. The molecule has 1 heterocycles. The van der Waals surface area contributed by atoms with Gasteiger partial charge in [0.05, 0.1) is 25.0 Å². The molecule has 0 aromatic carbocycles. The van der Waals surface area contributed by atoms with Crippen molar-refractivity contribution in [3.8, 4) is 11.8 Å². The van der Waals surface area contributed by atoms with Crippen molar-refractivity contribution in [3.05, 3.63) is 6.07 Å². The summed E-state index contributed by atoms with van der Waals surface area (Å²) in [5.74, 6) is 0.936. The van der Waals surface area contributed by atoms with E-state index in [1.54, 1.807) is 13.8 Å². The van der Waals surface area contributed by atoms with Crippen molar-refractivity contribution >= 4 is 15.8 Å². The smallest absolute Gasteiger partial charge is 0.229 e. The molecule has 0 saturated heterocycles. The zero-order valence-corrected chi connectivity index (χ0v) is 12.5. The Morgan fingerprint density at radius 1 is 1.21 bits per heavy atom. The Balaban J connectivity index is 2.89. The van der Waals surface area contributed by atoms with Crippen LogP contribution in [0.25, 0.3) is 0 Å². The van der Waals surface area contributed by atoms with Gasteiger partial charge in [0.25, 0.3) is 0 Å². The zero-order valence-electron chi connectivity index (χ0n) is 11.7. The largest absolute Gasteiger partial charge is 0.481 e. The number of methoxy groups -OCH3 is 2. The first-order chi connectivity index (χ1) is 8.69. The molecule has 1 rings (SSSR count). The monoisotopic (exact) mass is 289 g/mol. The molecule has 0 bridgehead atoms. The molecule has 0 aliphatic carbocycles. The van der Waals surface area contributed by atoms with E-state index in [0.29, 0.717) is 11.8 Å². The second kappa shape index (κ2) is 5.60. The van der Waals surface area contributed by atoms with E-state index < -0.39 is 14.6 Å². The summed E-state index contributed by atoms with van der Waals surface area (Å²) in [4.78, 5) is 8.13. The van der Waals surface area contributed by atoms with E-state index in [2.05, 4.69) is 15.3 Å². The molecule has 0 aliphatic heterocycles. The van der Waals surface area contributed by atoms with Gasteiger partial charge in [-0.05, 0) is 13.8 Å². The molecule has 0 fully saturated rings. The molecule has 8 heteroatoms. The average Bonchev–Trinajstić information content (AvgIpc) is 2.34. The van der Waals surface area contributed by atoms with E-state index in [1.165, 1.54) is 26.5 Å². The minimum atomic E-state index is -3.18. The maximum absolute atomic E-state index is 11.6. The molecule has 0 atom stereocenters. The van der Waals surface area contributed by atoms with Crippen LogP contribution in [0.3, 0.4) is 0 Å². The lowest BCUT2D eigenvalue weighted by Crippen LogP contribution is -2.38. The zero-order chi connectivity index (χ0) is 14.7. The Kier molecular flexibility index (Phi) is 4.56. The highest BCUT2D eigenvalue weighted by Crippen LogP contribution is 2.19. The van der Waals surface area contributed by atoms with Crippen molar-refractivity contribution in [2.75, 3.05) is 32.3 Å². The summed E-state index contributed by atoms with van der Waals surface area (Å²) >= 11 is 0. The molecule has 1 aromatic heterocycles. The fraction of sp³-hybridized carbons (Fsp3) is 0.636. The van der Waals surface area contributed by atoms with Crippen molar-refractivity contribution in [2.45, 2.75) is 18.6 Å². The van der Waals surface area contributed by atoms with Gasteiger partial charge in [-0.2, -0.15) is 9.97 Å². The van der Waals surface area contributed by atoms with Crippen LogP contribution in [0, 0.1) is 0 Å². The van der Waals surface area contributed by atoms with Crippen LogP contribution >= 0.6 is 0 Å². The fourth-order valence-electron chi connectivity index (χ4n) is 1.12. The lowest BCUT2D eigenvalue weighted by molar-refractivity contribution is 0.372. The molecule has 108 valence electrons. The Morgan fingerprint density at radius 3 is 2.05 bits per heavy atom. The topological polar surface area (TPSA) is 90.4 Å². The summed E-state index contributed by atoms with van der Waals surface area (Å²) in [6, 6.07) is 1.53. The van der Waals surface area contributed by atoms with Crippen LogP contribution in [-0.2, 0) is 9.84 Å². The quantitative estimate of drug-likeness (QED) is 0.825. The van der Waals surface area contributed by atoms with Crippen LogP contribution in [0.1, 0.15) is 13.8 Å². The molecule has 0 amide bonds. The number of sulfone groups is 1. The number of hydrogen-bond acceptors (Lipinski definition) is 7. The van der Waals surface area contributed by atoms with Crippen LogP contribution in [0.4, 0.5) is 5.95 Å². The molecule has 1 aromatic rings. The molecule has 0 aliphatic rings. The Hall–Kier alpha value is -1.57. The first-order valence-corrected chi connectivity index (χ1v) is 7.49. The molecule has 7 nitrogen and oxygen atoms in total. The second-order valence-corrected chi connectivity index (χ2v) is 7.31. The lowest BCUT2D eigenvalue weighted by Gasteiger charge is -2.22. The van der Waals surface area contributed by atoms with Gasteiger partial charge in [-0.25, -0.2) is 8.42 Å². The Labute approximate surface area is 113 Å².